The summed E-state index contributed by atoms with van der Waals surface area (Å²) in [5.74, 6) is -1.87. The van der Waals surface area contributed by atoms with Crippen LogP contribution in [0.5, 0.6) is 0 Å². The van der Waals surface area contributed by atoms with Crippen LogP contribution in [-0.4, -0.2) is 21.8 Å². The first-order valence-electron chi connectivity index (χ1n) is 9.17. The summed E-state index contributed by atoms with van der Waals surface area (Å²) in [5, 5.41) is 14.7. The van der Waals surface area contributed by atoms with E-state index >= 15 is 0 Å². The summed E-state index contributed by atoms with van der Waals surface area (Å²) in [4.78, 5) is 11.6. The third-order valence-electron chi connectivity index (χ3n) is 4.65. The zero-order valence-corrected chi connectivity index (χ0v) is 16.4. The Morgan fingerprint density at radius 1 is 1.16 bits per heavy atom. The lowest BCUT2D eigenvalue weighted by Gasteiger charge is -2.18. The number of carbonyl (C=O) groups is 1. The zero-order chi connectivity index (χ0) is 23.7. The van der Waals surface area contributed by atoms with Gasteiger partial charge in [-0.05, 0) is 36.2 Å². The molecule has 2 aromatic rings. The minimum atomic E-state index is -5.00. The highest BCUT2D eigenvalue weighted by Crippen LogP contribution is 2.37. The van der Waals surface area contributed by atoms with E-state index in [9.17, 15) is 36.2 Å². The number of alkyl halides is 6. The number of hydrogen-bond acceptors (Lipinski definition) is 4. The van der Waals surface area contributed by atoms with Crippen LogP contribution in [0.25, 0.3) is 5.57 Å². The number of allylic oxidation sites excluding steroid dienone is 1. The van der Waals surface area contributed by atoms with Crippen LogP contribution in [0.2, 0.25) is 0 Å². The molecular weight excluding hydrogens is 442 g/mol. The van der Waals surface area contributed by atoms with Gasteiger partial charge < -0.3 is 9.52 Å². The highest BCUT2D eigenvalue weighted by molar-refractivity contribution is 6.15. The van der Waals surface area contributed by atoms with E-state index in [4.69, 9.17) is 4.42 Å². The van der Waals surface area contributed by atoms with Gasteiger partial charge in [0.15, 0.2) is 0 Å². The second kappa shape index (κ2) is 8.56. The van der Waals surface area contributed by atoms with Crippen molar-refractivity contribution >= 4 is 17.3 Å². The Morgan fingerprint density at radius 2 is 1.78 bits per heavy atom. The van der Waals surface area contributed by atoms with Gasteiger partial charge in [0.05, 0.1) is 34.9 Å². The van der Waals surface area contributed by atoms with Gasteiger partial charge >= 0.3 is 18.3 Å². The molecule has 0 aliphatic carbocycles. The number of carboxylic acids is 1. The number of carboxylic acid groups (broad SMARTS) is 1. The summed E-state index contributed by atoms with van der Waals surface area (Å²) in [7, 11) is 0. The standard InChI is InChI=1S/C21H16F6N2O3/c1-12-3-2-5-29(10-17(19(30)31)13-4-6-32-11-13)28-18(12)14-7-15(20(22,23)24)9-16(8-14)21(25,26)27/h2,4-12H,3H2,1H3,(H,30,31)/b17-10+. The van der Waals surface area contributed by atoms with E-state index in [0.717, 1.165) is 11.2 Å². The number of nitrogens with zero attached hydrogens (tertiary/aromatic N) is 2. The average molecular weight is 458 g/mol. The first-order valence-corrected chi connectivity index (χ1v) is 9.17. The lowest BCUT2D eigenvalue weighted by molar-refractivity contribution is -0.143. The van der Waals surface area contributed by atoms with Crippen LogP contribution in [0.15, 0.2) is 64.8 Å². The highest BCUT2D eigenvalue weighted by Gasteiger charge is 2.37. The van der Waals surface area contributed by atoms with Gasteiger partial charge in [-0.1, -0.05) is 13.0 Å². The zero-order valence-electron chi connectivity index (χ0n) is 16.4. The van der Waals surface area contributed by atoms with Gasteiger partial charge in [-0.2, -0.15) is 31.4 Å². The van der Waals surface area contributed by atoms with Crippen molar-refractivity contribution in [3.05, 3.63) is 77.5 Å². The minimum Gasteiger partial charge on any atom is -0.478 e. The van der Waals surface area contributed by atoms with Crippen molar-refractivity contribution in [1.29, 1.82) is 0 Å². The molecule has 170 valence electrons. The fourth-order valence-corrected chi connectivity index (χ4v) is 3.06. The monoisotopic (exact) mass is 458 g/mol. The number of halogens is 6. The number of rotatable bonds is 4. The number of aliphatic carboxylic acids is 1. The molecule has 0 bridgehead atoms. The van der Waals surface area contributed by atoms with E-state index in [1.54, 1.807) is 13.0 Å². The molecule has 11 heteroatoms. The SMILES string of the molecule is CC1CC=CN(/C=C(/C(=O)O)c2ccoc2)N=C1c1cc(C(F)(F)F)cc(C(F)(F)F)c1. The Kier molecular flexibility index (Phi) is 6.20. The maximum atomic E-state index is 13.3. The Bertz CT molecular complexity index is 1050. The maximum absolute atomic E-state index is 13.3. The van der Waals surface area contributed by atoms with Crippen molar-refractivity contribution in [2.75, 3.05) is 0 Å². The van der Waals surface area contributed by atoms with E-state index in [0.29, 0.717) is 12.1 Å². The lowest BCUT2D eigenvalue weighted by atomic mass is 9.93. The molecule has 32 heavy (non-hydrogen) atoms. The Labute approximate surface area is 177 Å². The predicted molar refractivity (Wildman–Crippen MR) is 102 cm³/mol. The molecule has 5 nitrogen and oxygen atoms in total. The van der Waals surface area contributed by atoms with Crippen molar-refractivity contribution in [2.45, 2.75) is 25.7 Å². The predicted octanol–water partition coefficient (Wildman–Crippen LogP) is 6.00. The molecule has 1 atom stereocenters. The van der Waals surface area contributed by atoms with Crippen LogP contribution in [0.4, 0.5) is 26.3 Å². The fourth-order valence-electron chi connectivity index (χ4n) is 3.06. The Balaban J connectivity index is 2.14. The molecule has 1 unspecified atom stereocenters. The largest absolute Gasteiger partial charge is 0.478 e. The van der Waals surface area contributed by atoms with E-state index < -0.39 is 35.4 Å². The van der Waals surface area contributed by atoms with Crippen LogP contribution >= 0.6 is 0 Å². The van der Waals surface area contributed by atoms with Gasteiger partial charge in [-0.3, -0.25) is 0 Å². The molecule has 1 aliphatic heterocycles. The molecule has 0 saturated heterocycles. The summed E-state index contributed by atoms with van der Waals surface area (Å²) >= 11 is 0. The molecule has 0 fully saturated rings. The van der Waals surface area contributed by atoms with Gasteiger partial charge in [-0.25, -0.2) is 9.80 Å². The molecule has 0 amide bonds. The molecule has 0 saturated carbocycles. The normalized spacial score (nSPS) is 17.8. The number of furan rings is 1. The molecule has 1 aliphatic rings. The summed E-state index contributed by atoms with van der Waals surface area (Å²) in [6, 6.07) is 2.64. The van der Waals surface area contributed by atoms with E-state index in [1.165, 1.54) is 24.8 Å². The maximum Gasteiger partial charge on any atom is 0.416 e. The van der Waals surface area contributed by atoms with Crippen molar-refractivity contribution in [3.63, 3.8) is 0 Å². The van der Waals surface area contributed by atoms with Gasteiger partial charge in [0, 0.05) is 23.9 Å². The van der Waals surface area contributed by atoms with E-state index in [-0.39, 0.29) is 34.9 Å². The molecule has 1 aromatic carbocycles. The number of hydrazone groups is 1. The van der Waals surface area contributed by atoms with Crippen LogP contribution in [0.3, 0.4) is 0 Å². The minimum absolute atomic E-state index is 0.0444. The first-order chi connectivity index (χ1) is 14.9. The topological polar surface area (TPSA) is 66.0 Å². The molecule has 3 rings (SSSR count). The average Bonchev–Trinajstić information content (AvgIpc) is 3.15. The van der Waals surface area contributed by atoms with Crippen molar-refractivity contribution in [3.8, 4) is 0 Å². The second-order valence-electron chi connectivity index (χ2n) is 7.04. The van der Waals surface area contributed by atoms with Gasteiger partial charge in [0.2, 0.25) is 0 Å². The van der Waals surface area contributed by atoms with Crippen LogP contribution in [0.1, 0.15) is 35.6 Å². The van der Waals surface area contributed by atoms with E-state index in [2.05, 4.69) is 5.10 Å². The number of hydrogen-bond donors (Lipinski definition) is 1. The summed E-state index contributed by atoms with van der Waals surface area (Å²) in [5.41, 5.74) is -3.36. The molecule has 1 aromatic heterocycles. The smallest absolute Gasteiger partial charge is 0.416 e. The second-order valence-corrected chi connectivity index (χ2v) is 7.04. The van der Waals surface area contributed by atoms with Crippen LogP contribution in [0, 0.1) is 5.92 Å². The lowest BCUT2D eigenvalue weighted by Crippen LogP contribution is -2.18. The highest BCUT2D eigenvalue weighted by atomic mass is 19.4. The van der Waals surface area contributed by atoms with Crippen molar-refractivity contribution in [1.82, 2.24) is 5.01 Å². The third kappa shape index (κ3) is 5.21. The third-order valence-corrected chi connectivity index (χ3v) is 4.65. The molecule has 1 N–H and O–H groups in total. The van der Waals surface area contributed by atoms with E-state index in [1.807, 2.05) is 0 Å². The summed E-state index contributed by atoms with van der Waals surface area (Å²) in [6.45, 7) is 1.60. The van der Waals surface area contributed by atoms with Gasteiger partial charge in [0.1, 0.15) is 0 Å². The van der Waals surface area contributed by atoms with Gasteiger partial charge in [0.25, 0.3) is 0 Å². The molecule has 2 heterocycles. The quantitative estimate of drug-likeness (QED) is 0.451. The molecule has 0 spiro atoms. The van der Waals surface area contributed by atoms with Crippen molar-refractivity contribution < 1.29 is 40.7 Å². The van der Waals surface area contributed by atoms with Crippen LogP contribution in [-0.2, 0) is 17.1 Å². The van der Waals surface area contributed by atoms with Crippen LogP contribution < -0.4 is 0 Å². The van der Waals surface area contributed by atoms with Gasteiger partial charge in [-0.15, -0.1) is 0 Å². The first kappa shape index (κ1) is 23.2. The Hall–Kier alpha value is -3.50. The van der Waals surface area contributed by atoms with Crippen molar-refractivity contribution in [2.24, 2.45) is 11.0 Å². The summed E-state index contributed by atoms with van der Waals surface area (Å²) in [6.07, 6.45) is -3.25. The summed E-state index contributed by atoms with van der Waals surface area (Å²) < 4.78 is 84.4. The Morgan fingerprint density at radius 3 is 2.28 bits per heavy atom. The molecular formula is C21H16F6N2O3. The number of benzene rings is 1. The fraction of sp³-hybridized carbons (Fsp3) is 0.238. The molecule has 0 radical (unpaired) electrons.